The molecule has 8 heteroatoms. The Morgan fingerprint density at radius 1 is 1.30 bits per heavy atom. The molecule has 1 aliphatic rings. The molecule has 0 amide bonds. The van der Waals surface area contributed by atoms with E-state index in [9.17, 15) is 14.9 Å². The first-order valence-electron chi connectivity index (χ1n) is 10.6. The third kappa shape index (κ3) is 5.29. The van der Waals surface area contributed by atoms with Crippen molar-refractivity contribution in [3.05, 3.63) is 57.5 Å². The number of halogens is 1. The zero-order chi connectivity index (χ0) is 24.4. The number of esters is 1. The van der Waals surface area contributed by atoms with Crippen LogP contribution in [-0.4, -0.2) is 36.5 Å². The summed E-state index contributed by atoms with van der Waals surface area (Å²) in [5.74, 6) is -0.321. The third-order valence-electron chi connectivity index (χ3n) is 5.42. The maximum Gasteiger partial charge on any atom is 0.355 e. The van der Waals surface area contributed by atoms with Gasteiger partial charge in [-0.2, -0.15) is 5.26 Å². The van der Waals surface area contributed by atoms with E-state index < -0.39 is 17.1 Å². The van der Waals surface area contributed by atoms with Crippen LogP contribution >= 0.6 is 11.6 Å². The lowest BCUT2D eigenvalue weighted by molar-refractivity contribution is -0.148. The van der Waals surface area contributed by atoms with Crippen molar-refractivity contribution in [1.29, 1.82) is 5.26 Å². The first-order valence-corrected chi connectivity index (χ1v) is 11.0. The normalized spacial score (nSPS) is 15.4. The summed E-state index contributed by atoms with van der Waals surface area (Å²) in [7, 11) is 1.45. The van der Waals surface area contributed by atoms with Gasteiger partial charge in [-0.05, 0) is 51.5 Å². The molecule has 0 spiro atoms. The van der Waals surface area contributed by atoms with Gasteiger partial charge in [-0.25, -0.2) is 4.79 Å². The number of carbonyl (C=O) groups is 1. The number of hydrogen-bond acceptors (Lipinski definition) is 6. The number of aromatic nitrogens is 1. The SMILES string of the molecule is CCC1(/C=C(\C(=O)OC(C)(C)C)n2cc(OC)c(-c3cc(Cl)ccc3C#N)cc2=O)COC1. The van der Waals surface area contributed by atoms with Gasteiger partial charge in [0.1, 0.15) is 17.0 Å². The second kappa shape index (κ2) is 9.42. The van der Waals surface area contributed by atoms with Crippen LogP contribution in [0.15, 0.2) is 41.3 Å². The average Bonchev–Trinajstić information content (AvgIpc) is 2.72. The predicted molar refractivity (Wildman–Crippen MR) is 126 cm³/mol. The molecule has 0 saturated carbocycles. The molecule has 33 heavy (non-hydrogen) atoms. The van der Waals surface area contributed by atoms with Gasteiger partial charge in [0.25, 0.3) is 5.56 Å². The van der Waals surface area contributed by atoms with E-state index >= 15 is 0 Å². The number of carbonyl (C=O) groups excluding carboxylic acids is 1. The minimum Gasteiger partial charge on any atom is -0.495 e. The molecule has 1 aromatic carbocycles. The smallest absolute Gasteiger partial charge is 0.355 e. The van der Waals surface area contributed by atoms with Crippen LogP contribution in [0.4, 0.5) is 0 Å². The molecular weight excluding hydrogens is 444 g/mol. The van der Waals surface area contributed by atoms with Crippen LogP contribution in [-0.2, 0) is 14.3 Å². The van der Waals surface area contributed by atoms with Crippen molar-refractivity contribution in [2.24, 2.45) is 5.41 Å². The molecule has 1 fully saturated rings. The molecule has 0 bridgehead atoms. The summed E-state index contributed by atoms with van der Waals surface area (Å²) in [5.41, 5.74) is -0.283. The lowest BCUT2D eigenvalue weighted by Gasteiger charge is -2.38. The van der Waals surface area contributed by atoms with E-state index in [1.807, 2.05) is 6.92 Å². The highest BCUT2D eigenvalue weighted by Gasteiger charge is 2.37. The van der Waals surface area contributed by atoms with Crippen molar-refractivity contribution in [2.75, 3.05) is 20.3 Å². The number of pyridine rings is 1. The molecule has 0 atom stereocenters. The Labute approximate surface area is 198 Å². The molecule has 3 rings (SSSR count). The molecular formula is C25H27ClN2O5. The fourth-order valence-electron chi connectivity index (χ4n) is 3.51. The first-order chi connectivity index (χ1) is 15.5. The largest absolute Gasteiger partial charge is 0.495 e. The van der Waals surface area contributed by atoms with Gasteiger partial charge < -0.3 is 14.2 Å². The lowest BCUT2D eigenvalue weighted by atomic mass is 9.82. The standard InChI is InChI=1S/C25H27ClN2O5/c1-6-25(14-32-15-25)11-20(23(30)33-24(2,3)4)28-13-21(31-5)19(10-22(28)29)18-9-17(26)8-7-16(18)12-27/h7-11,13H,6,14-15H2,1-5H3/b20-11+. The Hall–Kier alpha value is -3.08. The molecule has 2 aromatic rings. The number of hydrogen-bond donors (Lipinski definition) is 0. The van der Waals surface area contributed by atoms with E-state index in [0.29, 0.717) is 40.7 Å². The Kier molecular flexibility index (Phi) is 7.01. The summed E-state index contributed by atoms with van der Waals surface area (Å²) in [6.07, 6.45) is 3.93. The first kappa shape index (κ1) is 24.6. The third-order valence-corrected chi connectivity index (χ3v) is 5.66. The summed E-state index contributed by atoms with van der Waals surface area (Å²) in [5, 5.41) is 9.93. The van der Waals surface area contributed by atoms with E-state index in [4.69, 9.17) is 25.8 Å². The fourth-order valence-corrected chi connectivity index (χ4v) is 3.69. The Balaban J connectivity index is 2.21. The van der Waals surface area contributed by atoms with Gasteiger partial charge in [0.05, 0.1) is 38.2 Å². The summed E-state index contributed by atoms with van der Waals surface area (Å²) in [6, 6.07) is 8.22. The molecule has 174 valence electrons. The van der Waals surface area contributed by atoms with Gasteiger partial charge in [-0.3, -0.25) is 9.36 Å². The maximum absolute atomic E-state index is 13.3. The van der Waals surface area contributed by atoms with Crippen molar-refractivity contribution in [1.82, 2.24) is 4.57 Å². The van der Waals surface area contributed by atoms with Crippen LogP contribution < -0.4 is 10.3 Å². The average molecular weight is 471 g/mol. The molecule has 0 unspecified atom stereocenters. The molecule has 1 aliphatic heterocycles. The zero-order valence-corrected chi connectivity index (χ0v) is 20.2. The molecule has 1 aromatic heterocycles. The minimum absolute atomic E-state index is 0.0940. The summed E-state index contributed by atoms with van der Waals surface area (Å²) in [6.45, 7) is 8.20. The highest BCUT2D eigenvalue weighted by Crippen LogP contribution is 2.37. The van der Waals surface area contributed by atoms with Crippen molar-refractivity contribution < 1.29 is 19.0 Å². The lowest BCUT2D eigenvalue weighted by Crippen LogP contribution is -2.41. The zero-order valence-electron chi connectivity index (χ0n) is 19.4. The summed E-state index contributed by atoms with van der Waals surface area (Å²) < 4.78 is 17.8. The van der Waals surface area contributed by atoms with Gasteiger partial charge in [0.15, 0.2) is 0 Å². The van der Waals surface area contributed by atoms with E-state index in [1.54, 1.807) is 45.0 Å². The van der Waals surface area contributed by atoms with Gasteiger partial charge in [0, 0.05) is 27.6 Å². The summed E-state index contributed by atoms with van der Waals surface area (Å²) in [4.78, 5) is 26.4. The highest BCUT2D eigenvalue weighted by molar-refractivity contribution is 6.31. The number of methoxy groups -OCH3 is 1. The van der Waals surface area contributed by atoms with Gasteiger partial charge in [-0.15, -0.1) is 0 Å². The van der Waals surface area contributed by atoms with Crippen molar-refractivity contribution in [3.63, 3.8) is 0 Å². The second-order valence-corrected chi connectivity index (χ2v) is 9.44. The number of nitriles is 1. The molecule has 0 N–H and O–H groups in total. The van der Waals surface area contributed by atoms with Crippen molar-refractivity contribution in [2.45, 2.75) is 39.7 Å². The van der Waals surface area contributed by atoms with Crippen LogP contribution in [0.25, 0.3) is 16.8 Å². The van der Waals surface area contributed by atoms with Gasteiger partial charge >= 0.3 is 5.97 Å². The topological polar surface area (TPSA) is 90.5 Å². The maximum atomic E-state index is 13.3. The van der Waals surface area contributed by atoms with E-state index in [0.717, 1.165) is 6.42 Å². The number of benzene rings is 1. The molecule has 7 nitrogen and oxygen atoms in total. The molecule has 0 radical (unpaired) electrons. The molecule has 2 heterocycles. The van der Waals surface area contributed by atoms with E-state index in [1.165, 1.54) is 23.9 Å². The van der Waals surface area contributed by atoms with Crippen LogP contribution in [0, 0.1) is 16.7 Å². The minimum atomic E-state index is -0.748. The number of ether oxygens (including phenoxy) is 3. The van der Waals surface area contributed by atoms with E-state index in [2.05, 4.69) is 6.07 Å². The monoisotopic (exact) mass is 470 g/mol. The van der Waals surface area contributed by atoms with Crippen LogP contribution in [0.1, 0.15) is 39.7 Å². The highest BCUT2D eigenvalue weighted by atomic mass is 35.5. The van der Waals surface area contributed by atoms with Crippen molar-refractivity contribution >= 4 is 23.3 Å². The Bertz CT molecular complexity index is 1190. The molecule has 0 aliphatic carbocycles. The Morgan fingerprint density at radius 2 is 2.00 bits per heavy atom. The van der Waals surface area contributed by atoms with Gasteiger partial charge in [-0.1, -0.05) is 18.5 Å². The Morgan fingerprint density at radius 3 is 2.52 bits per heavy atom. The van der Waals surface area contributed by atoms with Gasteiger partial charge in [0.2, 0.25) is 0 Å². The number of nitrogens with zero attached hydrogens (tertiary/aromatic N) is 2. The predicted octanol–water partition coefficient (Wildman–Crippen LogP) is 4.66. The van der Waals surface area contributed by atoms with Crippen LogP contribution in [0.3, 0.4) is 0 Å². The fraction of sp³-hybridized carbons (Fsp3) is 0.400. The van der Waals surface area contributed by atoms with E-state index in [-0.39, 0.29) is 11.1 Å². The van der Waals surface area contributed by atoms with Crippen molar-refractivity contribution in [3.8, 4) is 22.9 Å². The quantitative estimate of drug-likeness (QED) is 0.450. The summed E-state index contributed by atoms with van der Waals surface area (Å²) >= 11 is 6.14. The van der Waals surface area contributed by atoms with Crippen LogP contribution in [0.2, 0.25) is 5.02 Å². The number of rotatable bonds is 6. The second-order valence-electron chi connectivity index (χ2n) is 9.01. The molecule has 1 saturated heterocycles. The van der Waals surface area contributed by atoms with Crippen LogP contribution in [0.5, 0.6) is 5.75 Å².